The van der Waals surface area contributed by atoms with Crippen molar-refractivity contribution in [2.75, 3.05) is 5.32 Å². The van der Waals surface area contributed by atoms with Gasteiger partial charge in [-0.2, -0.15) is 0 Å². The van der Waals surface area contributed by atoms with E-state index in [-0.39, 0.29) is 11.5 Å². The van der Waals surface area contributed by atoms with E-state index in [1.807, 2.05) is 0 Å². The number of nitrogens with one attached hydrogen (secondary N) is 1. The van der Waals surface area contributed by atoms with Gasteiger partial charge in [0.25, 0.3) is 0 Å². The first-order chi connectivity index (χ1) is 8.56. The maximum atomic E-state index is 11.7. The molecule has 0 saturated heterocycles. The molecule has 6 heteroatoms. The van der Waals surface area contributed by atoms with Gasteiger partial charge in [-0.15, -0.1) is 0 Å². The van der Waals surface area contributed by atoms with Gasteiger partial charge in [0, 0.05) is 6.20 Å². The zero-order valence-electron chi connectivity index (χ0n) is 9.80. The van der Waals surface area contributed by atoms with Gasteiger partial charge in [0.05, 0.1) is 23.5 Å². The van der Waals surface area contributed by atoms with E-state index in [9.17, 15) is 9.59 Å². The molecule has 1 aromatic rings. The highest BCUT2D eigenvalue weighted by atomic mass is 16.4. The quantitative estimate of drug-likeness (QED) is 0.717. The molecule has 6 nitrogen and oxygen atoms in total. The van der Waals surface area contributed by atoms with E-state index < -0.39 is 12.0 Å². The summed E-state index contributed by atoms with van der Waals surface area (Å²) in [6.45, 7) is 0. The summed E-state index contributed by atoms with van der Waals surface area (Å²) in [5, 5.41) is 11.4. The predicted molar refractivity (Wildman–Crippen MR) is 65.1 cm³/mol. The lowest BCUT2D eigenvalue weighted by Gasteiger charge is -2.11. The highest BCUT2D eigenvalue weighted by molar-refractivity contribution is 5.96. The molecule has 2 rings (SSSR count). The molecule has 96 valence electrons. The van der Waals surface area contributed by atoms with Crippen LogP contribution in [-0.2, 0) is 4.79 Å². The predicted octanol–water partition coefficient (Wildman–Crippen LogP) is 0.846. The van der Waals surface area contributed by atoms with Gasteiger partial charge in [0.15, 0.2) is 0 Å². The number of nitrogens with zero attached hydrogens (tertiary/aromatic N) is 1. The fraction of sp³-hybridized carbons (Fsp3) is 0.417. The number of aromatic carboxylic acids is 1. The van der Waals surface area contributed by atoms with Crippen LogP contribution in [0.1, 0.15) is 29.6 Å². The number of amides is 1. The average molecular weight is 249 g/mol. The van der Waals surface area contributed by atoms with Crippen LogP contribution in [0.4, 0.5) is 5.69 Å². The van der Waals surface area contributed by atoms with Gasteiger partial charge in [-0.25, -0.2) is 4.79 Å². The summed E-state index contributed by atoms with van der Waals surface area (Å²) in [6.07, 6.45) is 5.57. The number of hydrogen-bond donors (Lipinski definition) is 3. The second kappa shape index (κ2) is 5.14. The maximum absolute atomic E-state index is 11.7. The highest BCUT2D eigenvalue weighted by Gasteiger charge is 2.27. The number of pyridine rings is 1. The lowest BCUT2D eigenvalue weighted by molar-refractivity contribution is -0.117. The zero-order valence-corrected chi connectivity index (χ0v) is 9.80. The van der Waals surface area contributed by atoms with E-state index in [2.05, 4.69) is 10.3 Å². The Bertz CT molecular complexity index is 471. The topological polar surface area (TPSA) is 105 Å². The first-order valence-corrected chi connectivity index (χ1v) is 5.81. The first-order valence-electron chi connectivity index (χ1n) is 5.81. The summed E-state index contributed by atoms with van der Waals surface area (Å²) >= 11 is 0. The van der Waals surface area contributed by atoms with Gasteiger partial charge in [0.2, 0.25) is 5.91 Å². The van der Waals surface area contributed by atoms with Crippen molar-refractivity contribution in [1.82, 2.24) is 4.98 Å². The molecule has 1 atom stereocenters. The molecule has 1 heterocycles. The van der Waals surface area contributed by atoms with E-state index in [1.165, 1.54) is 18.5 Å². The maximum Gasteiger partial charge on any atom is 0.337 e. The van der Waals surface area contributed by atoms with Crippen LogP contribution in [0.3, 0.4) is 0 Å². The van der Waals surface area contributed by atoms with Crippen LogP contribution in [0, 0.1) is 5.92 Å². The molecule has 0 spiro atoms. The second-order valence-electron chi connectivity index (χ2n) is 4.54. The van der Waals surface area contributed by atoms with Gasteiger partial charge in [0.1, 0.15) is 0 Å². The molecule has 18 heavy (non-hydrogen) atoms. The number of anilines is 1. The van der Waals surface area contributed by atoms with Crippen molar-refractivity contribution in [1.29, 1.82) is 0 Å². The van der Waals surface area contributed by atoms with Gasteiger partial charge < -0.3 is 16.2 Å². The lowest BCUT2D eigenvalue weighted by Crippen LogP contribution is -2.36. The zero-order chi connectivity index (χ0) is 13.1. The SMILES string of the molecule is NC(CC1CC1)C(=O)Nc1cncc(C(=O)O)c1. The highest BCUT2D eigenvalue weighted by Crippen LogP contribution is 2.33. The van der Waals surface area contributed by atoms with Crippen molar-refractivity contribution in [2.45, 2.75) is 25.3 Å². The molecule has 0 radical (unpaired) electrons. The summed E-state index contributed by atoms with van der Waals surface area (Å²) in [6, 6.07) is 0.808. The van der Waals surface area contributed by atoms with E-state index in [0.717, 1.165) is 12.8 Å². The molecular weight excluding hydrogens is 234 g/mol. The van der Waals surface area contributed by atoms with Crippen molar-refractivity contribution in [2.24, 2.45) is 11.7 Å². The Morgan fingerprint density at radius 2 is 2.22 bits per heavy atom. The Morgan fingerprint density at radius 1 is 1.50 bits per heavy atom. The summed E-state index contributed by atoms with van der Waals surface area (Å²) in [5.41, 5.74) is 6.14. The van der Waals surface area contributed by atoms with Crippen molar-refractivity contribution in [3.05, 3.63) is 24.0 Å². The van der Waals surface area contributed by atoms with E-state index in [1.54, 1.807) is 0 Å². The van der Waals surface area contributed by atoms with E-state index >= 15 is 0 Å². The number of rotatable bonds is 5. The minimum atomic E-state index is -1.08. The Balaban J connectivity index is 1.97. The van der Waals surface area contributed by atoms with Crippen molar-refractivity contribution in [3.8, 4) is 0 Å². The Labute approximate surface area is 104 Å². The van der Waals surface area contributed by atoms with Crippen LogP contribution in [0.5, 0.6) is 0 Å². The van der Waals surface area contributed by atoms with Gasteiger partial charge in [-0.3, -0.25) is 9.78 Å². The normalized spacial score (nSPS) is 16.1. The van der Waals surface area contributed by atoms with Crippen LogP contribution in [0.2, 0.25) is 0 Å². The fourth-order valence-corrected chi connectivity index (χ4v) is 1.68. The fourth-order valence-electron chi connectivity index (χ4n) is 1.68. The minimum absolute atomic E-state index is 0.0311. The number of carbonyl (C=O) groups is 2. The molecule has 0 aromatic carbocycles. The molecule has 1 aromatic heterocycles. The van der Waals surface area contributed by atoms with Crippen LogP contribution >= 0.6 is 0 Å². The van der Waals surface area contributed by atoms with Crippen LogP contribution in [0.25, 0.3) is 0 Å². The molecule has 1 aliphatic carbocycles. The Morgan fingerprint density at radius 3 is 2.83 bits per heavy atom. The minimum Gasteiger partial charge on any atom is -0.478 e. The smallest absolute Gasteiger partial charge is 0.337 e. The summed E-state index contributed by atoms with van der Waals surface area (Å²) < 4.78 is 0. The van der Waals surface area contributed by atoms with Gasteiger partial charge in [-0.1, -0.05) is 12.8 Å². The molecule has 1 amide bonds. The molecule has 1 unspecified atom stereocenters. The average Bonchev–Trinajstić information content (AvgIpc) is 3.13. The summed E-state index contributed by atoms with van der Waals surface area (Å²) in [4.78, 5) is 26.2. The number of aromatic nitrogens is 1. The number of nitrogens with two attached hydrogens (primary N) is 1. The third-order valence-corrected chi connectivity index (χ3v) is 2.87. The lowest BCUT2D eigenvalue weighted by atomic mass is 10.1. The van der Waals surface area contributed by atoms with Crippen molar-refractivity contribution in [3.63, 3.8) is 0 Å². The first kappa shape index (κ1) is 12.5. The van der Waals surface area contributed by atoms with Gasteiger partial charge >= 0.3 is 5.97 Å². The van der Waals surface area contributed by atoms with E-state index in [4.69, 9.17) is 10.8 Å². The van der Waals surface area contributed by atoms with Crippen molar-refractivity contribution >= 4 is 17.6 Å². The van der Waals surface area contributed by atoms with Crippen molar-refractivity contribution < 1.29 is 14.7 Å². The van der Waals surface area contributed by atoms with Crippen LogP contribution in [0.15, 0.2) is 18.5 Å². The molecule has 0 bridgehead atoms. The Kier molecular flexibility index (Phi) is 3.57. The molecule has 1 saturated carbocycles. The molecule has 1 fully saturated rings. The molecule has 1 aliphatic rings. The largest absolute Gasteiger partial charge is 0.478 e. The van der Waals surface area contributed by atoms with Gasteiger partial charge in [-0.05, 0) is 18.4 Å². The second-order valence-corrected chi connectivity index (χ2v) is 4.54. The summed E-state index contributed by atoms with van der Waals surface area (Å²) in [7, 11) is 0. The van der Waals surface area contributed by atoms with E-state index in [0.29, 0.717) is 18.0 Å². The number of carbonyl (C=O) groups excluding carboxylic acids is 1. The number of carboxylic acid groups (broad SMARTS) is 1. The monoisotopic (exact) mass is 249 g/mol. The Hall–Kier alpha value is -1.95. The molecule has 0 aliphatic heterocycles. The summed E-state index contributed by atoms with van der Waals surface area (Å²) in [5.74, 6) is -0.818. The number of carboxylic acids is 1. The van der Waals surface area contributed by atoms with Crippen LogP contribution in [-0.4, -0.2) is 28.0 Å². The van der Waals surface area contributed by atoms with Crippen LogP contribution < -0.4 is 11.1 Å². The number of hydrogen-bond acceptors (Lipinski definition) is 4. The molecule has 4 N–H and O–H groups in total. The standard InChI is InChI=1S/C12H15N3O3/c13-10(3-7-1-2-7)11(16)15-9-4-8(12(17)18)5-14-6-9/h4-7,10H,1-3,13H2,(H,15,16)(H,17,18). The molecular formula is C12H15N3O3. The third kappa shape index (κ3) is 3.27. The third-order valence-electron chi connectivity index (χ3n) is 2.87.